The zero-order valence-corrected chi connectivity index (χ0v) is 12.0. The van der Waals surface area contributed by atoms with Crippen LogP contribution in [-0.2, 0) is 10.0 Å². The van der Waals surface area contributed by atoms with Crippen molar-refractivity contribution in [3.63, 3.8) is 0 Å². The molecule has 0 spiro atoms. The van der Waals surface area contributed by atoms with Crippen LogP contribution in [0.5, 0.6) is 0 Å². The van der Waals surface area contributed by atoms with E-state index in [0.29, 0.717) is 12.5 Å². The van der Waals surface area contributed by atoms with E-state index in [2.05, 4.69) is 17.0 Å². The largest absolute Gasteiger partial charge is 0.316 e. The van der Waals surface area contributed by atoms with E-state index in [0.717, 1.165) is 25.8 Å². The Hall–Kier alpha value is -0.130. The minimum absolute atomic E-state index is 0.137. The summed E-state index contributed by atoms with van der Waals surface area (Å²) in [4.78, 5) is 0. The normalized spacial score (nSPS) is 27.9. The van der Waals surface area contributed by atoms with Crippen molar-refractivity contribution in [3.05, 3.63) is 0 Å². The minimum Gasteiger partial charge on any atom is -0.316 e. The summed E-state index contributed by atoms with van der Waals surface area (Å²) < 4.78 is 27.1. The Labute approximate surface area is 106 Å². The maximum Gasteiger partial charge on any atom is 0.215 e. The first kappa shape index (κ1) is 14.9. The molecule has 0 amide bonds. The number of hydrogen-bond donors (Lipinski definition) is 2. The molecule has 0 aliphatic heterocycles. The highest BCUT2D eigenvalue weighted by Gasteiger charge is 2.28. The molecule has 0 aromatic carbocycles. The van der Waals surface area contributed by atoms with Gasteiger partial charge >= 0.3 is 0 Å². The Morgan fingerprint density at radius 2 is 1.94 bits per heavy atom. The number of hydrogen-bond acceptors (Lipinski definition) is 3. The van der Waals surface area contributed by atoms with E-state index in [1.165, 1.54) is 6.42 Å². The van der Waals surface area contributed by atoms with E-state index in [9.17, 15) is 8.42 Å². The van der Waals surface area contributed by atoms with Crippen LogP contribution < -0.4 is 10.0 Å². The second kappa shape index (κ2) is 6.71. The zero-order chi connectivity index (χ0) is 12.9. The highest BCUT2D eigenvalue weighted by molar-refractivity contribution is 7.90. The molecule has 0 radical (unpaired) electrons. The molecule has 4 nitrogen and oxygen atoms in total. The third kappa shape index (κ3) is 4.56. The summed E-state index contributed by atoms with van der Waals surface area (Å²) in [5.41, 5.74) is 0. The number of sulfonamides is 1. The molecule has 3 atom stereocenters. The molecule has 17 heavy (non-hydrogen) atoms. The first-order valence-electron chi connectivity index (χ1n) is 6.69. The van der Waals surface area contributed by atoms with Crippen molar-refractivity contribution >= 4 is 10.0 Å². The van der Waals surface area contributed by atoms with Gasteiger partial charge in [-0.05, 0) is 32.2 Å². The van der Waals surface area contributed by atoms with Gasteiger partial charge in [0.15, 0.2) is 0 Å². The van der Waals surface area contributed by atoms with E-state index in [4.69, 9.17) is 0 Å². The average Bonchev–Trinajstić information content (AvgIpc) is 2.28. The van der Waals surface area contributed by atoms with Gasteiger partial charge < -0.3 is 5.32 Å². The number of nitrogens with one attached hydrogen (secondary N) is 2. The van der Waals surface area contributed by atoms with Crippen molar-refractivity contribution in [1.82, 2.24) is 10.0 Å². The van der Waals surface area contributed by atoms with Gasteiger partial charge in [-0.2, -0.15) is 0 Å². The van der Waals surface area contributed by atoms with Gasteiger partial charge in [0.05, 0.1) is 5.25 Å². The Kier molecular flexibility index (Phi) is 5.89. The second-order valence-electron chi connectivity index (χ2n) is 5.15. The van der Waals surface area contributed by atoms with Crippen LogP contribution in [0, 0.1) is 5.92 Å². The van der Waals surface area contributed by atoms with Crippen LogP contribution in [0.25, 0.3) is 0 Å². The lowest BCUT2D eigenvalue weighted by molar-refractivity contribution is 0.309. The van der Waals surface area contributed by atoms with E-state index in [1.54, 1.807) is 6.92 Å². The van der Waals surface area contributed by atoms with Crippen molar-refractivity contribution in [3.8, 4) is 0 Å². The van der Waals surface area contributed by atoms with Crippen molar-refractivity contribution in [1.29, 1.82) is 0 Å². The van der Waals surface area contributed by atoms with E-state index < -0.39 is 10.0 Å². The predicted octanol–water partition coefficient (Wildman–Crippen LogP) is 1.48. The Morgan fingerprint density at radius 1 is 1.29 bits per heavy atom. The van der Waals surface area contributed by atoms with Gasteiger partial charge in [0.25, 0.3) is 0 Å². The molecule has 3 unspecified atom stereocenters. The lowest BCUT2D eigenvalue weighted by atomic mass is 9.87. The van der Waals surface area contributed by atoms with Gasteiger partial charge in [0.1, 0.15) is 0 Å². The molecule has 0 heterocycles. The van der Waals surface area contributed by atoms with Gasteiger partial charge in [-0.25, -0.2) is 13.1 Å². The molecular formula is C12H26N2O2S. The lowest BCUT2D eigenvalue weighted by Gasteiger charge is -2.30. The summed E-state index contributed by atoms with van der Waals surface area (Å²) in [5.74, 6) is 0.463. The molecule has 0 bridgehead atoms. The summed E-state index contributed by atoms with van der Waals surface area (Å²) in [7, 11) is -3.18. The highest BCUT2D eigenvalue weighted by atomic mass is 32.2. The quantitative estimate of drug-likeness (QED) is 0.762. The summed E-state index contributed by atoms with van der Waals surface area (Å²) >= 11 is 0. The molecular weight excluding hydrogens is 236 g/mol. The molecule has 2 N–H and O–H groups in total. The molecule has 1 rings (SSSR count). The standard InChI is InChI=1S/C12H26N2O2S/c1-4-13-9-11(3)17(15,16)14-12-8-6-5-7-10(12)2/h10-14H,4-9H2,1-3H3. The van der Waals surface area contributed by atoms with Crippen LogP contribution >= 0.6 is 0 Å². The fraction of sp³-hybridized carbons (Fsp3) is 1.00. The fourth-order valence-corrected chi connectivity index (χ4v) is 3.62. The van der Waals surface area contributed by atoms with Gasteiger partial charge in [-0.15, -0.1) is 0 Å². The smallest absolute Gasteiger partial charge is 0.215 e. The topological polar surface area (TPSA) is 58.2 Å². The molecule has 1 fully saturated rings. The summed E-state index contributed by atoms with van der Waals surface area (Å²) in [5, 5.41) is 2.72. The molecule has 0 aromatic heterocycles. The Bertz CT molecular complexity index is 316. The summed E-state index contributed by atoms with van der Waals surface area (Å²) in [6, 6.07) is 0.137. The third-order valence-corrected chi connectivity index (χ3v) is 5.50. The second-order valence-corrected chi connectivity index (χ2v) is 7.28. The van der Waals surface area contributed by atoms with E-state index >= 15 is 0 Å². The maximum absolute atomic E-state index is 12.1. The fourth-order valence-electron chi connectivity index (χ4n) is 2.28. The van der Waals surface area contributed by atoms with Crippen LogP contribution in [0.3, 0.4) is 0 Å². The zero-order valence-electron chi connectivity index (χ0n) is 11.2. The molecule has 0 saturated heterocycles. The minimum atomic E-state index is -3.18. The number of rotatable bonds is 6. The van der Waals surface area contributed by atoms with Gasteiger partial charge in [0, 0.05) is 12.6 Å². The average molecular weight is 262 g/mol. The first-order chi connectivity index (χ1) is 7.97. The third-order valence-electron chi connectivity index (χ3n) is 3.64. The molecule has 1 aliphatic rings. The van der Waals surface area contributed by atoms with Gasteiger partial charge in [0.2, 0.25) is 10.0 Å². The van der Waals surface area contributed by atoms with Crippen molar-refractivity contribution in [2.24, 2.45) is 5.92 Å². The van der Waals surface area contributed by atoms with Crippen LogP contribution in [0.4, 0.5) is 0 Å². The summed E-state index contributed by atoms with van der Waals surface area (Å²) in [6.45, 7) is 7.21. The van der Waals surface area contributed by atoms with Crippen molar-refractivity contribution in [2.75, 3.05) is 13.1 Å². The Morgan fingerprint density at radius 3 is 2.53 bits per heavy atom. The molecule has 0 aromatic rings. The lowest BCUT2D eigenvalue weighted by Crippen LogP contribution is -2.46. The molecule has 1 saturated carbocycles. The van der Waals surface area contributed by atoms with Gasteiger partial charge in [-0.1, -0.05) is 26.7 Å². The Balaban J connectivity index is 2.52. The summed E-state index contributed by atoms with van der Waals surface area (Å²) in [6.07, 6.45) is 4.48. The van der Waals surface area contributed by atoms with E-state index in [-0.39, 0.29) is 11.3 Å². The van der Waals surface area contributed by atoms with Crippen LogP contribution in [0.2, 0.25) is 0 Å². The van der Waals surface area contributed by atoms with E-state index in [1.807, 2.05) is 6.92 Å². The molecule has 5 heteroatoms. The van der Waals surface area contributed by atoms with Gasteiger partial charge in [-0.3, -0.25) is 0 Å². The predicted molar refractivity (Wildman–Crippen MR) is 71.5 cm³/mol. The SMILES string of the molecule is CCNCC(C)S(=O)(=O)NC1CCCCC1C. The van der Waals surface area contributed by atoms with Crippen molar-refractivity contribution in [2.45, 2.75) is 57.7 Å². The highest BCUT2D eigenvalue weighted by Crippen LogP contribution is 2.24. The van der Waals surface area contributed by atoms with Crippen molar-refractivity contribution < 1.29 is 8.42 Å². The van der Waals surface area contributed by atoms with Crippen LogP contribution in [0.1, 0.15) is 46.5 Å². The van der Waals surface area contributed by atoms with Crippen LogP contribution in [0.15, 0.2) is 0 Å². The molecule has 102 valence electrons. The monoisotopic (exact) mass is 262 g/mol. The maximum atomic E-state index is 12.1. The van der Waals surface area contributed by atoms with Crippen LogP contribution in [-0.4, -0.2) is 32.8 Å². The first-order valence-corrected chi connectivity index (χ1v) is 8.24. The molecule has 1 aliphatic carbocycles.